The molecule has 0 aromatic rings. The van der Waals surface area contributed by atoms with Gasteiger partial charge in [-0.25, -0.2) is 0 Å². The Morgan fingerprint density at radius 3 is 1.80 bits per heavy atom. The molecule has 8 heteroatoms. The first kappa shape index (κ1) is 39.0. The van der Waals surface area contributed by atoms with Crippen molar-refractivity contribution in [2.45, 2.75) is 142 Å². The maximum atomic E-state index is 11.1. The summed E-state index contributed by atoms with van der Waals surface area (Å²) in [6.45, 7) is 10.1. The Kier molecular flexibility index (Phi) is 25.0. The van der Waals surface area contributed by atoms with Gasteiger partial charge in [-0.15, -0.1) is 0 Å². The second-order valence-corrected chi connectivity index (χ2v) is 15.3. The van der Waals surface area contributed by atoms with Crippen LogP contribution in [0.15, 0.2) is 0 Å². The van der Waals surface area contributed by atoms with Gasteiger partial charge >= 0.3 is 8.80 Å². The Bertz CT molecular complexity index is 570. The van der Waals surface area contributed by atoms with Crippen molar-refractivity contribution >= 4 is 8.80 Å². The van der Waals surface area contributed by atoms with E-state index in [-0.39, 0.29) is 6.10 Å². The average molecular weight is 605 g/mol. The maximum Gasteiger partial charge on any atom is 0.498 e. The second-order valence-electron chi connectivity index (χ2n) is 12.8. The molecule has 41 heavy (non-hydrogen) atoms. The molecule has 0 radical (unpaired) electrons. The van der Waals surface area contributed by atoms with Crippen LogP contribution in [0.2, 0.25) is 6.04 Å². The third-order valence-corrected chi connectivity index (χ3v) is 10.6. The summed E-state index contributed by atoms with van der Waals surface area (Å²) in [5.41, 5.74) is 0. The normalized spacial score (nSPS) is 20.9. The highest BCUT2D eigenvalue weighted by Crippen LogP contribution is 2.18. The van der Waals surface area contributed by atoms with Crippen molar-refractivity contribution < 1.29 is 32.3 Å². The summed E-state index contributed by atoms with van der Waals surface area (Å²) < 4.78 is 29.8. The Hall–Kier alpha value is -0.0631. The van der Waals surface area contributed by atoms with Gasteiger partial charge in [0.15, 0.2) is 0 Å². The fourth-order valence-corrected chi connectivity index (χ4v) is 7.39. The van der Waals surface area contributed by atoms with Crippen LogP contribution in [0.5, 0.6) is 0 Å². The number of hydrogen-bond donors (Lipinski definition) is 1. The highest BCUT2D eigenvalue weighted by atomic mass is 28.4. The lowest BCUT2D eigenvalue weighted by Crippen LogP contribution is -2.47. The van der Waals surface area contributed by atoms with Crippen molar-refractivity contribution in [3.05, 3.63) is 0 Å². The molecule has 0 aromatic carbocycles. The van der Waals surface area contributed by atoms with Crippen molar-refractivity contribution in [1.82, 2.24) is 0 Å². The molecule has 246 valence electrons. The summed E-state index contributed by atoms with van der Waals surface area (Å²) in [5.74, 6) is 0. The molecule has 2 atom stereocenters. The van der Waals surface area contributed by atoms with Gasteiger partial charge in [-0.05, 0) is 26.2 Å². The van der Waals surface area contributed by atoms with Gasteiger partial charge in [0, 0.05) is 25.7 Å². The molecule has 1 aliphatic rings. The molecule has 0 aromatic heterocycles. The highest BCUT2D eigenvalue weighted by Gasteiger charge is 2.38. The van der Waals surface area contributed by atoms with E-state index >= 15 is 0 Å². The lowest BCUT2D eigenvalue weighted by Gasteiger charge is -2.32. The quantitative estimate of drug-likeness (QED) is 0.0626. The molecule has 0 spiro atoms. The van der Waals surface area contributed by atoms with Crippen LogP contribution in [-0.4, -0.2) is 97.6 Å². The molecular formula is C33H70NO6Si+. The van der Waals surface area contributed by atoms with Crippen molar-refractivity contribution in [2.75, 3.05) is 73.4 Å². The van der Waals surface area contributed by atoms with E-state index < -0.39 is 8.80 Å². The fraction of sp³-hybridized carbons (Fsp3) is 1.00. The zero-order valence-corrected chi connectivity index (χ0v) is 28.8. The minimum Gasteiger partial charge on any atom is -0.390 e. The highest BCUT2D eigenvalue weighted by molar-refractivity contribution is 6.59. The number of unbranched alkanes of at least 4 members (excludes halogenated alkanes) is 15. The van der Waals surface area contributed by atoms with E-state index in [2.05, 4.69) is 21.0 Å². The number of nitrogens with zero attached hydrogens (tertiary/aromatic N) is 1. The Morgan fingerprint density at radius 2 is 1.22 bits per heavy atom. The van der Waals surface area contributed by atoms with Gasteiger partial charge < -0.3 is 32.3 Å². The number of quaternary nitrogens is 1. The molecule has 1 heterocycles. The molecule has 1 fully saturated rings. The molecule has 0 bridgehead atoms. The van der Waals surface area contributed by atoms with E-state index in [0.29, 0.717) is 58.7 Å². The molecule has 2 unspecified atom stereocenters. The summed E-state index contributed by atoms with van der Waals surface area (Å²) in [6.07, 6.45) is 24.1. The molecule has 0 aliphatic carbocycles. The summed E-state index contributed by atoms with van der Waals surface area (Å²) >= 11 is 0. The molecule has 7 nitrogen and oxygen atoms in total. The predicted molar refractivity (Wildman–Crippen MR) is 172 cm³/mol. The van der Waals surface area contributed by atoms with Crippen molar-refractivity contribution in [3.8, 4) is 0 Å². The summed E-state index contributed by atoms with van der Waals surface area (Å²) in [6, 6.07) is 0.601. The molecule has 0 amide bonds. The maximum absolute atomic E-state index is 11.1. The van der Waals surface area contributed by atoms with Crippen molar-refractivity contribution in [3.63, 3.8) is 0 Å². The van der Waals surface area contributed by atoms with Gasteiger partial charge in [0.2, 0.25) is 0 Å². The Balaban J connectivity index is 2.06. The smallest absolute Gasteiger partial charge is 0.390 e. The van der Waals surface area contributed by atoms with Crippen LogP contribution in [-0.2, 0) is 23.1 Å². The van der Waals surface area contributed by atoms with E-state index in [1.165, 1.54) is 109 Å². The van der Waals surface area contributed by atoms with E-state index in [4.69, 9.17) is 23.1 Å². The van der Waals surface area contributed by atoms with Crippen molar-refractivity contribution in [2.24, 2.45) is 0 Å². The van der Waals surface area contributed by atoms with Gasteiger partial charge in [-0.2, -0.15) is 0 Å². The van der Waals surface area contributed by atoms with Crippen LogP contribution in [0.1, 0.15) is 129 Å². The van der Waals surface area contributed by atoms with Gasteiger partial charge in [0.1, 0.15) is 0 Å². The minimum absolute atomic E-state index is 0.0397. The van der Waals surface area contributed by atoms with Crippen LogP contribution in [0.3, 0.4) is 0 Å². The zero-order chi connectivity index (χ0) is 29.9. The van der Waals surface area contributed by atoms with E-state index in [9.17, 15) is 4.80 Å². The fourth-order valence-electron chi connectivity index (χ4n) is 5.57. The zero-order valence-electron chi connectivity index (χ0n) is 27.8. The van der Waals surface area contributed by atoms with E-state index in [1.54, 1.807) is 0 Å². The largest absolute Gasteiger partial charge is 0.498 e. The lowest BCUT2D eigenvalue weighted by atomic mass is 10.0. The van der Waals surface area contributed by atoms with Gasteiger partial charge in [0.05, 0.1) is 66.3 Å². The molecular weight excluding hydrogens is 534 g/mol. The predicted octanol–water partition coefficient (Wildman–Crippen LogP) is 7.52. The first-order valence-corrected chi connectivity index (χ1v) is 19.5. The topological polar surface area (TPSA) is 66.4 Å². The number of ether oxygens (including phenoxy) is 3. The van der Waals surface area contributed by atoms with Gasteiger partial charge in [0.25, 0.3) is 0 Å². The molecule has 1 N–H and O–H groups in total. The Labute approximate surface area is 255 Å². The molecule has 1 saturated heterocycles. The van der Waals surface area contributed by atoms with Gasteiger partial charge in [-0.3, -0.25) is 0 Å². The second kappa shape index (κ2) is 26.3. The van der Waals surface area contributed by atoms with Gasteiger partial charge in [-0.1, -0.05) is 96.8 Å². The Morgan fingerprint density at radius 1 is 0.683 bits per heavy atom. The number of hydrogen-bond acceptors (Lipinski definition) is 6. The molecule has 0 saturated carbocycles. The minimum atomic E-state index is -3.19. The summed E-state index contributed by atoms with van der Waals surface area (Å²) in [7, 11) is 1.43. The van der Waals surface area contributed by atoms with E-state index in [1.807, 2.05) is 6.92 Å². The standard InChI is InChI=1S/C33H70NO6Si/c1-5-7-8-9-10-11-12-13-14-15-16-17-18-19-20-21-24-34(3,4)25-22-31-41(35)39-26-23-33(32-37-28-30-40-41)38-29-27-36-6-2/h33,35H,5-32H2,1-4H3/q+1. The molecule has 1 aliphatic heterocycles. The van der Waals surface area contributed by atoms with Crippen LogP contribution in [0.4, 0.5) is 0 Å². The number of rotatable bonds is 26. The van der Waals surface area contributed by atoms with Crippen LogP contribution in [0.25, 0.3) is 0 Å². The van der Waals surface area contributed by atoms with Crippen LogP contribution >= 0.6 is 0 Å². The van der Waals surface area contributed by atoms with E-state index in [0.717, 1.165) is 17.4 Å². The third kappa shape index (κ3) is 24.0. The SMILES string of the molecule is CCCCCCCCCCCCCCCCCC[N+](C)(C)CCC[Si]1(O)OCCOCC(OCCOCC)CCO1. The van der Waals surface area contributed by atoms with Crippen molar-refractivity contribution in [1.29, 1.82) is 0 Å². The first-order valence-electron chi connectivity index (χ1n) is 17.5. The monoisotopic (exact) mass is 604 g/mol. The van der Waals surface area contributed by atoms with Crippen LogP contribution < -0.4 is 0 Å². The third-order valence-electron chi connectivity index (χ3n) is 8.28. The lowest BCUT2D eigenvalue weighted by molar-refractivity contribution is -0.890. The average Bonchev–Trinajstić information content (AvgIpc) is 2.94. The first-order chi connectivity index (χ1) is 19.9. The summed E-state index contributed by atoms with van der Waals surface area (Å²) in [4.78, 5) is 11.1. The molecule has 1 rings (SSSR count). The van der Waals surface area contributed by atoms with Crippen LogP contribution in [0, 0.1) is 0 Å². The summed E-state index contributed by atoms with van der Waals surface area (Å²) in [5, 5.41) is 0.